The summed E-state index contributed by atoms with van der Waals surface area (Å²) in [6.07, 6.45) is 4.93. The molecule has 134 valence electrons. The number of fused-ring (bicyclic) bond motifs is 3. The molecule has 0 saturated carbocycles. The highest BCUT2D eigenvalue weighted by Gasteiger charge is 2.23. The quantitative estimate of drug-likeness (QED) is 0.675. The summed E-state index contributed by atoms with van der Waals surface area (Å²) in [7, 11) is 0. The lowest BCUT2D eigenvalue weighted by molar-refractivity contribution is 0.0527. The van der Waals surface area contributed by atoms with Gasteiger partial charge in [-0.2, -0.15) is 0 Å². The lowest BCUT2D eigenvalue weighted by Gasteiger charge is -2.18. The van der Waals surface area contributed by atoms with Crippen molar-refractivity contribution in [2.75, 3.05) is 11.9 Å². The first-order valence-corrected chi connectivity index (χ1v) is 9.77. The van der Waals surface area contributed by atoms with Gasteiger partial charge in [0.15, 0.2) is 0 Å². The number of hydrogen-bond acceptors (Lipinski definition) is 6. The second kappa shape index (κ2) is 7.03. The summed E-state index contributed by atoms with van der Waals surface area (Å²) in [5.41, 5.74) is 2.58. The number of ether oxygens (including phenoxy) is 1. The van der Waals surface area contributed by atoms with Crippen molar-refractivity contribution >= 4 is 39.0 Å². The van der Waals surface area contributed by atoms with Crippen molar-refractivity contribution < 1.29 is 9.53 Å². The van der Waals surface area contributed by atoms with Gasteiger partial charge in [-0.05, 0) is 49.8 Å². The molecule has 0 bridgehead atoms. The zero-order chi connectivity index (χ0) is 18.1. The second-order valence-electron chi connectivity index (χ2n) is 6.65. The Morgan fingerprint density at radius 1 is 1.35 bits per heavy atom. The van der Waals surface area contributed by atoms with Crippen LogP contribution in [0.5, 0.6) is 0 Å². The topological polar surface area (TPSA) is 64.1 Å². The molecule has 0 radical (unpaired) electrons. The number of nitrogens with one attached hydrogen (secondary N) is 1. The number of carbonyl (C=O) groups is 1. The highest BCUT2D eigenvalue weighted by Crippen LogP contribution is 2.40. The first-order valence-electron chi connectivity index (χ1n) is 8.95. The number of thiophene rings is 1. The molecule has 5 nitrogen and oxygen atoms in total. The maximum Gasteiger partial charge on any atom is 0.340 e. The fourth-order valence-corrected chi connectivity index (χ4v) is 4.83. The molecule has 0 amide bonds. The molecule has 3 aromatic rings. The Morgan fingerprint density at radius 3 is 3.04 bits per heavy atom. The van der Waals surface area contributed by atoms with Crippen molar-refractivity contribution in [2.45, 2.75) is 33.1 Å². The minimum absolute atomic E-state index is 0.331. The van der Waals surface area contributed by atoms with E-state index in [0.717, 1.165) is 28.9 Å². The molecule has 1 aliphatic carbocycles. The molecule has 0 spiro atoms. The first kappa shape index (κ1) is 17.0. The lowest BCUT2D eigenvalue weighted by atomic mass is 9.89. The molecule has 6 heteroatoms. The molecule has 0 fully saturated rings. The van der Waals surface area contributed by atoms with Crippen molar-refractivity contribution in [1.82, 2.24) is 9.97 Å². The molecule has 2 heterocycles. The fraction of sp³-hybridized carbons (Fsp3) is 0.350. The lowest BCUT2D eigenvalue weighted by Crippen LogP contribution is -2.10. The number of esters is 1. The summed E-state index contributed by atoms with van der Waals surface area (Å²) in [4.78, 5) is 23.6. The minimum Gasteiger partial charge on any atom is -0.462 e. The van der Waals surface area contributed by atoms with Crippen LogP contribution in [0.25, 0.3) is 10.2 Å². The van der Waals surface area contributed by atoms with Gasteiger partial charge >= 0.3 is 5.97 Å². The smallest absolute Gasteiger partial charge is 0.340 e. The molecule has 1 aliphatic rings. The Kier molecular flexibility index (Phi) is 4.59. The number of anilines is 2. The van der Waals surface area contributed by atoms with Crippen LogP contribution < -0.4 is 5.32 Å². The fourth-order valence-electron chi connectivity index (χ4n) is 3.48. The monoisotopic (exact) mass is 367 g/mol. The summed E-state index contributed by atoms with van der Waals surface area (Å²) in [6.45, 7) is 4.45. The molecule has 1 atom stereocenters. The van der Waals surface area contributed by atoms with Crippen molar-refractivity contribution in [2.24, 2.45) is 5.92 Å². The number of hydrogen-bond donors (Lipinski definition) is 1. The predicted molar refractivity (Wildman–Crippen MR) is 104 cm³/mol. The molecule has 1 N–H and O–H groups in total. The van der Waals surface area contributed by atoms with E-state index in [9.17, 15) is 4.79 Å². The van der Waals surface area contributed by atoms with Crippen molar-refractivity contribution in [3.8, 4) is 0 Å². The molecule has 0 aliphatic heterocycles. The van der Waals surface area contributed by atoms with E-state index in [1.54, 1.807) is 30.7 Å². The molecular weight excluding hydrogens is 346 g/mol. The van der Waals surface area contributed by atoms with Gasteiger partial charge in [-0.1, -0.05) is 19.1 Å². The van der Waals surface area contributed by atoms with E-state index in [4.69, 9.17) is 4.74 Å². The van der Waals surface area contributed by atoms with Crippen LogP contribution in [0.15, 0.2) is 30.6 Å². The van der Waals surface area contributed by atoms with Gasteiger partial charge in [0.05, 0.1) is 23.2 Å². The summed E-state index contributed by atoms with van der Waals surface area (Å²) >= 11 is 1.76. The van der Waals surface area contributed by atoms with E-state index >= 15 is 0 Å². The minimum atomic E-state index is -0.331. The van der Waals surface area contributed by atoms with E-state index in [2.05, 4.69) is 22.2 Å². The van der Waals surface area contributed by atoms with Crippen LogP contribution >= 0.6 is 11.3 Å². The average Bonchev–Trinajstić information content (AvgIpc) is 3.00. The zero-order valence-corrected chi connectivity index (χ0v) is 15.7. The number of aryl methyl sites for hydroxylation is 1. The van der Waals surface area contributed by atoms with Crippen molar-refractivity contribution in [3.05, 3.63) is 46.6 Å². The van der Waals surface area contributed by atoms with Crippen LogP contribution in [0.1, 0.15) is 41.1 Å². The van der Waals surface area contributed by atoms with Gasteiger partial charge in [0, 0.05) is 4.88 Å². The summed E-state index contributed by atoms with van der Waals surface area (Å²) < 4.78 is 5.17. The van der Waals surface area contributed by atoms with Gasteiger partial charge in [-0.25, -0.2) is 14.8 Å². The van der Waals surface area contributed by atoms with Crippen molar-refractivity contribution in [3.63, 3.8) is 0 Å². The Labute approximate surface area is 156 Å². The third-order valence-corrected chi connectivity index (χ3v) is 5.93. The summed E-state index contributed by atoms with van der Waals surface area (Å²) in [6, 6.07) is 7.37. The first-order chi connectivity index (χ1) is 12.7. The van der Waals surface area contributed by atoms with Crippen LogP contribution in [-0.2, 0) is 17.6 Å². The number of carbonyl (C=O) groups excluding carboxylic acids is 1. The van der Waals surface area contributed by atoms with Crippen LogP contribution in [0.2, 0.25) is 0 Å². The highest BCUT2D eigenvalue weighted by molar-refractivity contribution is 7.19. The molecule has 4 rings (SSSR count). The molecule has 1 aromatic carbocycles. The Balaban J connectivity index is 1.76. The standard InChI is InChI=1S/C20H21N3O2S/c1-3-25-20(24)13-6-4-5-7-15(13)23-18-17-14-9-8-12(2)10-16(14)26-19(17)22-11-21-18/h4-7,11-12H,3,8-10H2,1-2H3,(H,21,22,23)/t12-/m1/s1. The van der Waals surface area contributed by atoms with Gasteiger partial charge in [-0.15, -0.1) is 11.3 Å². The van der Waals surface area contributed by atoms with E-state index in [1.807, 2.05) is 18.2 Å². The third-order valence-electron chi connectivity index (χ3n) is 4.77. The number of para-hydroxylation sites is 1. The van der Waals surface area contributed by atoms with Crippen LogP contribution in [0.4, 0.5) is 11.5 Å². The highest BCUT2D eigenvalue weighted by atomic mass is 32.1. The van der Waals surface area contributed by atoms with Gasteiger partial charge in [0.25, 0.3) is 0 Å². The Bertz CT molecular complexity index is 967. The summed E-state index contributed by atoms with van der Waals surface area (Å²) in [5.74, 6) is 1.14. The second-order valence-corrected chi connectivity index (χ2v) is 7.73. The van der Waals surface area contributed by atoms with Gasteiger partial charge in [0.1, 0.15) is 17.0 Å². The van der Waals surface area contributed by atoms with E-state index in [-0.39, 0.29) is 5.97 Å². The molecule has 0 saturated heterocycles. The van der Waals surface area contributed by atoms with Gasteiger partial charge in [-0.3, -0.25) is 0 Å². The number of nitrogens with zero attached hydrogens (tertiary/aromatic N) is 2. The number of aromatic nitrogens is 2. The van der Waals surface area contributed by atoms with E-state index < -0.39 is 0 Å². The third kappa shape index (κ3) is 3.05. The maximum absolute atomic E-state index is 12.2. The zero-order valence-electron chi connectivity index (χ0n) is 14.9. The molecule has 26 heavy (non-hydrogen) atoms. The van der Waals surface area contributed by atoms with E-state index in [1.165, 1.54) is 16.9 Å². The molecule has 2 aromatic heterocycles. The van der Waals surface area contributed by atoms with Crippen LogP contribution in [-0.4, -0.2) is 22.5 Å². The largest absolute Gasteiger partial charge is 0.462 e. The SMILES string of the molecule is CCOC(=O)c1ccccc1Nc1ncnc2sc3c(c12)CC[C@@H](C)C3. The summed E-state index contributed by atoms with van der Waals surface area (Å²) in [5, 5.41) is 4.45. The Hall–Kier alpha value is -2.47. The maximum atomic E-state index is 12.2. The predicted octanol–water partition coefficient (Wildman–Crippen LogP) is 4.74. The van der Waals surface area contributed by atoms with E-state index in [0.29, 0.717) is 23.8 Å². The Morgan fingerprint density at radius 2 is 2.19 bits per heavy atom. The normalized spacial score (nSPS) is 16.3. The van der Waals surface area contributed by atoms with Crippen LogP contribution in [0, 0.1) is 5.92 Å². The van der Waals surface area contributed by atoms with Crippen LogP contribution in [0.3, 0.4) is 0 Å². The van der Waals surface area contributed by atoms with Gasteiger partial charge < -0.3 is 10.1 Å². The number of benzene rings is 1. The molecule has 0 unspecified atom stereocenters. The average molecular weight is 367 g/mol. The molecular formula is C20H21N3O2S. The van der Waals surface area contributed by atoms with Crippen molar-refractivity contribution in [1.29, 1.82) is 0 Å². The number of rotatable bonds is 4. The van der Waals surface area contributed by atoms with Gasteiger partial charge in [0.2, 0.25) is 0 Å².